The first-order valence-electron chi connectivity index (χ1n) is 3.90. The predicted octanol–water partition coefficient (Wildman–Crippen LogP) is 2.30. The summed E-state index contributed by atoms with van der Waals surface area (Å²) in [6.07, 6.45) is 8.86. The second kappa shape index (κ2) is 3.51. The molecule has 0 aromatic heterocycles. The minimum atomic E-state index is 0.226. The van der Waals surface area contributed by atoms with Crippen molar-refractivity contribution in [2.45, 2.75) is 20.3 Å². The van der Waals surface area contributed by atoms with Crippen molar-refractivity contribution >= 4 is 5.78 Å². The van der Waals surface area contributed by atoms with Crippen molar-refractivity contribution in [1.29, 1.82) is 0 Å². The molecule has 0 aromatic carbocycles. The highest BCUT2D eigenvalue weighted by Gasteiger charge is 2.04. The minimum absolute atomic E-state index is 0.226. The van der Waals surface area contributed by atoms with Gasteiger partial charge in [-0.05, 0) is 24.8 Å². The number of hydrogen-bond donors (Lipinski definition) is 0. The molecule has 0 aromatic rings. The van der Waals surface area contributed by atoms with Crippen LogP contribution in [0.1, 0.15) is 20.3 Å². The van der Waals surface area contributed by atoms with Gasteiger partial charge in [0.2, 0.25) is 0 Å². The van der Waals surface area contributed by atoms with Crippen LogP contribution in [0, 0.1) is 12.3 Å². The van der Waals surface area contributed by atoms with Crippen molar-refractivity contribution < 1.29 is 4.79 Å². The number of ketones is 1. The Morgan fingerprint density at radius 2 is 2.36 bits per heavy atom. The second-order valence-electron chi connectivity index (χ2n) is 3.03. The highest BCUT2D eigenvalue weighted by molar-refractivity contribution is 5.78. The van der Waals surface area contributed by atoms with Gasteiger partial charge in [-0.3, -0.25) is 4.79 Å². The summed E-state index contributed by atoms with van der Waals surface area (Å²) in [5, 5.41) is 0. The normalized spacial score (nSPS) is 23.1. The Bertz CT molecular complexity index is 211. The van der Waals surface area contributed by atoms with Crippen molar-refractivity contribution in [3.63, 3.8) is 0 Å². The Balaban J connectivity index is 2.50. The van der Waals surface area contributed by atoms with Crippen LogP contribution in [-0.4, -0.2) is 5.78 Å². The minimum Gasteiger partial charge on any atom is -0.300 e. The third-order valence-electron chi connectivity index (χ3n) is 1.68. The molecule has 0 amide bonds. The molecule has 11 heavy (non-hydrogen) atoms. The zero-order valence-electron chi connectivity index (χ0n) is 7.00. The summed E-state index contributed by atoms with van der Waals surface area (Å²) in [6, 6.07) is 0. The lowest BCUT2D eigenvalue weighted by atomic mass is 9.96. The summed E-state index contributed by atoms with van der Waals surface area (Å²) in [7, 11) is 0. The fraction of sp³-hybridized carbons (Fsp3) is 0.400. The maximum Gasteiger partial charge on any atom is 0.134 e. The molecule has 0 aliphatic heterocycles. The summed E-state index contributed by atoms with van der Waals surface area (Å²) < 4.78 is 0. The van der Waals surface area contributed by atoms with Crippen molar-refractivity contribution in [3.05, 3.63) is 30.2 Å². The molecular formula is C10H13O. The molecule has 0 saturated carbocycles. The Kier molecular flexibility index (Phi) is 2.64. The van der Waals surface area contributed by atoms with E-state index in [2.05, 4.69) is 19.4 Å². The quantitative estimate of drug-likeness (QED) is 0.588. The van der Waals surface area contributed by atoms with E-state index in [9.17, 15) is 4.79 Å². The first-order valence-corrected chi connectivity index (χ1v) is 3.90. The van der Waals surface area contributed by atoms with E-state index in [0.29, 0.717) is 12.3 Å². The number of Topliss-reactive ketones (excluding diaryl/α,β-unsaturated/α-hetero) is 1. The molecule has 1 rings (SSSR count). The highest BCUT2D eigenvalue weighted by atomic mass is 16.1. The topological polar surface area (TPSA) is 17.1 Å². The zero-order chi connectivity index (χ0) is 8.27. The van der Waals surface area contributed by atoms with E-state index in [-0.39, 0.29) is 5.78 Å². The van der Waals surface area contributed by atoms with Gasteiger partial charge in [-0.25, -0.2) is 0 Å². The maximum atomic E-state index is 10.7. The molecular weight excluding hydrogens is 136 g/mol. The number of carbonyl (C=O) groups excluding carboxylic acids is 1. The van der Waals surface area contributed by atoms with E-state index in [1.165, 1.54) is 0 Å². The average molecular weight is 149 g/mol. The molecule has 1 atom stereocenters. The molecule has 1 radical (unpaired) electrons. The van der Waals surface area contributed by atoms with Gasteiger partial charge in [-0.2, -0.15) is 0 Å². The van der Waals surface area contributed by atoms with E-state index in [4.69, 9.17) is 0 Å². The molecule has 0 saturated heterocycles. The summed E-state index contributed by atoms with van der Waals surface area (Å²) >= 11 is 0. The third kappa shape index (κ3) is 2.71. The largest absolute Gasteiger partial charge is 0.300 e. The lowest BCUT2D eigenvalue weighted by Crippen LogP contribution is -1.98. The fourth-order valence-corrected chi connectivity index (χ4v) is 1.08. The van der Waals surface area contributed by atoms with Gasteiger partial charge in [0.1, 0.15) is 5.78 Å². The Labute approximate surface area is 67.8 Å². The van der Waals surface area contributed by atoms with Crippen LogP contribution >= 0.6 is 0 Å². The molecule has 1 aliphatic rings. The standard InChI is InChI=1S/C10H13O/c1-8-3-5-10(6-4-8)7-9(2)11/h3-6,8H,7H2,1-2H3. The summed E-state index contributed by atoms with van der Waals surface area (Å²) in [5.74, 6) is 0.745. The van der Waals surface area contributed by atoms with Gasteiger partial charge in [-0.15, -0.1) is 0 Å². The van der Waals surface area contributed by atoms with Gasteiger partial charge >= 0.3 is 0 Å². The first-order chi connectivity index (χ1) is 5.18. The monoisotopic (exact) mass is 149 g/mol. The third-order valence-corrected chi connectivity index (χ3v) is 1.68. The van der Waals surface area contributed by atoms with Crippen LogP contribution in [0.25, 0.3) is 0 Å². The maximum absolute atomic E-state index is 10.7. The van der Waals surface area contributed by atoms with E-state index in [0.717, 1.165) is 5.57 Å². The van der Waals surface area contributed by atoms with Crippen LogP contribution in [0.15, 0.2) is 23.8 Å². The molecule has 0 bridgehead atoms. The summed E-state index contributed by atoms with van der Waals surface area (Å²) in [4.78, 5) is 10.7. The van der Waals surface area contributed by atoms with Gasteiger partial charge in [0.05, 0.1) is 0 Å². The van der Waals surface area contributed by atoms with Gasteiger partial charge in [-0.1, -0.05) is 25.2 Å². The Morgan fingerprint density at radius 3 is 2.82 bits per heavy atom. The number of rotatable bonds is 2. The average Bonchev–Trinajstić information content (AvgIpc) is 1.93. The van der Waals surface area contributed by atoms with Crippen LogP contribution in [0.2, 0.25) is 0 Å². The Morgan fingerprint density at radius 1 is 1.64 bits per heavy atom. The lowest BCUT2D eigenvalue weighted by Gasteiger charge is -2.09. The van der Waals surface area contributed by atoms with Gasteiger partial charge in [0.25, 0.3) is 0 Å². The Hall–Kier alpha value is -0.850. The molecule has 1 nitrogen and oxygen atoms in total. The molecule has 0 heterocycles. The predicted molar refractivity (Wildman–Crippen MR) is 46.0 cm³/mol. The molecule has 0 N–H and O–H groups in total. The van der Waals surface area contributed by atoms with Crippen LogP contribution in [-0.2, 0) is 4.79 Å². The fourth-order valence-electron chi connectivity index (χ4n) is 1.08. The van der Waals surface area contributed by atoms with Gasteiger partial charge in [0.15, 0.2) is 0 Å². The van der Waals surface area contributed by atoms with Crippen LogP contribution in [0.3, 0.4) is 0 Å². The first kappa shape index (κ1) is 8.25. The molecule has 0 fully saturated rings. The SMILES string of the molecule is CC(=O)CC1=C[CH]C(C)C=C1. The smallest absolute Gasteiger partial charge is 0.134 e. The molecule has 1 unspecified atom stereocenters. The van der Waals surface area contributed by atoms with Crippen LogP contribution in [0.4, 0.5) is 0 Å². The molecule has 1 aliphatic carbocycles. The van der Waals surface area contributed by atoms with Gasteiger partial charge < -0.3 is 0 Å². The summed E-state index contributed by atoms with van der Waals surface area (Å²) in [5.41, 5.74) is 1.12. The van der Waals surface area contributed by atoms with Gasteiger partial charge in [0, 0.05) is 6.42 Å². The molecule has 59 valence electrons. The van der Waals surface area contributed by atoms with Crippen LogP contribution in [0.5, 0.6) is 0 Å². The van der Waals surface area contributed by atoms with Crippen molar-refractivity contribution in [1.82, 2.24) is 0 Å². The lowest BCUT2D eigenvalue weighted by molar-refractivity contribution is -0.116. The number of hydrogen-bond acceptors (Lipinski definition) is 1. The van der Waals surface area contributed by atoms with Crippen LogP contribution < -0.4 is 0 Å². The molecule has 1 heteroatoms. The second-order valence-corrected chi connectivity index (χ2v) is 3.03. The van der Waals surface area contributed by atoms with E-state index in [1.54, 1.807) is 6.92 Å². The van der Waals surface area contributed by atoms with E-state index >= 15 is 0 Å². The van der Waals surface area contributed by atoms with E-state index in [1.807, 2.05) is 12.2 Å². The zero-order valence-corrected chi connectivity index (χ0v) is 7.00. The highest BCUT2D eigenvalue weighted by Crippen LogP contribution is 2.16. The van der Waals surface area contributed by atoms with Crippen molar-refractivity contribution in [3.8, 4) is 0 Å². The van der Waals surface area contributed by atoms with Crippen molar-refractivity contribution in [2.75, 3.05) is 0 Å². The summed E-state index contributed by atoms with van der Waals surface area (Å²) in [6.45, 7) is 3.74. The number of carbonyl (C=O) groups is 1. The van der Waals surface area contributed by atoms with E-state index < -0.39 is 0 Å². The van der Waals surface area contributed by atoms with Crippen molar-refractivity contribution in [2.24, 2.45) is 5.92 Å². The molecule has 0 spiro atoms. The number of allylic oxidation sites excluding steroid dienone is 4.